The molecule has 1 aromatic heterocycles. The summed E-state index contributed by atoms with van der Waals surface area (Å²) in [4.78, 5) is 4.23. The highest BCUT2D eigenvalue weighted by Crippen LogP contribution is 2.13. The maximum atomic E-state index is 5.06. The van der Waals surface area contributed by atoms with Gasteiger partial charge >= 0.3 is 0 Å². The SMILES string of the molecule is Cc1cccnc1NC1COC1. The number of rotatable bonds is 2. The number of aromatic nitrogens is 1. The highest BCUT2D eigenvalue weighted by atomic mass is 16.5. The molecule has 0 spiro atoms. The number of nitrogens with one attached hydrogen (secondary N) is 1. The molecule has 0 amide bonds. The lowest BCUT2D eigenvalue weighted by atomic mass is 10.2. The second kappa shape index (κ2) is 3.11. The second-order valence-corrected chi connectivity index (χ2v) is 3.05. The number of ether oxygens (including phenoxy) is 1. The largest absolute Gasteiger partial charge is 0.377 e. The molecule has 2 heterocycles. The molecular formula is C9H12N2O. The number of pyridine rings is 1. The molecule has 0 atom stereocenters. The molecule has 1 aromatic rings. The minimum absolute atomic E-state index is 0.457. The van der Waals surface area contributed by atoms with Crippen molar-refractivity contribution < 1.29 is 4.74 Å². The fourth-order valence-corrected chi connectivity index (χ4v) is 1.15. The van der Waals surface area contributed by atoms with Gasteiger partial charge in [-0.15, -0.1) is 0 Å². The summed E-state index contributed by atoms with van der Waals surface area (Å²) in [6.45, 7) is 3.65. The average molecular weight is 164 g/mol. The highest BCUT2D eigenvalue weighted by molar-refractivity contribution is 5.43. The van der Waals surface area contributed by atoms with Crippen molar-refractivity contribution in [1.82, 2.24) is 4.98 Å². The van der Waals surface area contributed by atoms with E-state index in [4.69, 9.17) is 4.74 Å². The van der Waals surface area contributed by atoms with Crippen LogP contribution in [0.5, 0.6) is 0 Å². The van der Waals surface area contributed by atoms with Gasteiger partial charge in [-0.3, -0.25) is 0 Å². The molecule has 0 aliphatic carbocycles. The zero-order chi connectivity index (χ0) is 8.39. The summed E-state index contributed by atoms with van der Waals surface area (Å²) in [6, 6.07) is 4.45. The van der Waals surface area contributed by atoms with Crippen molar-refractivity contribution in [3.05, 3.63) is 23.9 Å². The van der Waals surface area contributed by atoms with Gasteiger partial charge in [0.25, 0.3) is 0 Å². The Morgan fingerprint density at radius 1 is 1.58 bits per heavy atom. The van der Waals surface area contributed by atoms with Crippen LogP contribution in [-0.4, -0.2) is 24.2 Å². The molecule has 1 aliphatic rings. The van der Waals surface area contributed by atoms with E-state index in [1.807, 2.05) is 6.07 Å². The van der Waals surface area contributed by atoms with E-state index in [9.17, 15) is 0 Å². The molecule has 0 aromatic carbocycles. The molecule has 0 saturated carbocycles. The van der Waals surface area contributed by atoms with Crippen LogP contribution in [0.4, 0.5) is 5.82 Å². The Morgan fingerprint density at radius 2 is 2.42 bits per heavy atom. The van der Waals surface area contributed by atoms with Gasteiger partial charge in [0.1, 0.15) is 5.82 Å². The second-order valence-electron chi connectivity index (χ2n) is 3.05. The molecule has 2 rings (SSSR count). The summed E-state index contributed by atoms with van der Waals surface area (Å²) >= 11 is 0. The Labute approximate surface area is 71.8 Å². The summed E-state index contributed by atoms with van der Waals surface area (Å²) in [6.07, 6.45) is 1.80. The summed E-state index contributed by atoms with van der Waals surface area (Å²) in [5.74, 6) is 0.978. The van der Waals surface area contributed by atoms with E-state index in [1.54, 1.807) is 6.20 Å². The van der Waals surface area contributed by atoms with Gasteiger partial charge < -0.3 is 10.1 Å². The Kier molecular flexibility index (Phi) is 1.96. The molecule has 12 heavy (non-hydrogen) atoms. The number of aryl methyl sites for hydroxylation is 1. The van der Waals surface area contributed by atoms with Crippen LogP contribution >= 0.6 is 0 Å². The Hall–Kier alpha value is -1.09. The number of hydrogen-bond donors (Lipinski definition) is 1. The molecule has 3 heteroatoms. The Bertz CT molecular complexity index is 271. The summed E-state index contributed by atoms with van der Waals surface area (Å²) in [7, 11) is 0. The van der Waals surface area contributed by atoms with Crippen LogP contribution < -0.4 is 5.32 Å². The van der Waals surface area contributed by atoms with E-state index >= 15 is 0 Å². The van der Waals surface area contributed by atoms with Crippen molar-refractivity contribution in [1.29, 1.82) is 0 Å². The fraction of sp³-hybridized carbons (Fsp3) is 0.444. The van der Waals surface area contributed by atoms with Crippen molar-refractivity contribution in [2.24, 2.45) is 0 Å². The van der Waals surface area contributed by atoms with Gasteiger partial charge in [-0.25, -0.2) is 4.98 Å². The summed E-state index contributed by atoms with van der Waals surface area (Å²) in [5.41, 5.74) is 1.18. The zero-order valence-electron chi connectivity index (χ0n) is 7.08. The third-order valence-corrected chi connectivity index (χ3v) is 1.99. The maximum absolute atomic E-state index is 5.06. The number of nitrogens with zero attached hydrogens (tertiary/aromatic N) is 1. The molecule has 0 unspecified atom stereocenters. The van der Waals surface area contributed by atoms with Crippen molar-refractivity contribution in [2.75, 3.05) is 18.5 Å². The van der Waals surface area contributed by atoms with E-state index < -0.39 is 0 Å². The highest BCUT2D eigenvalue weighted by Gasteiger charge is 2.18. The molecule has 0 radical (unpaired) electrons. The first kappa shape index (κ1) is 7.55. The monoisotopic (exact) mass is 164 g/mol. The lowest BCUT2D eigenvalue weighted by molar-refractivity contribution is 0.0209. The maximum Gasteiger partial charge on any atom is 0.129 e. The van der Waals surface area contributed by atoms with Crippen molar-refractivity contribution >= 4 is 5.82 Å². The van der Waals surface area contributed by atoms with Gasteiger partial charge in [0, 0.05) is 6.20 Å². The molecule has 1 aliphatic heterocycles. The van der Waals surface area contributed by atoms with Gasteiger partial charge in [-0.2, -0.15) is 0 Å². The van der Waals surface area contributed by atoms with Crippen molar-refractivity contribution in [3.63, 3.8) is 0 Å². The number of hydrogen-bond acceptors (Lipinski definition) is 3. The number of anilines is 1. The van der Waals surface area contributed by atoms with E-state index in [0.29, 0.717) is 6.04 Å². The van der Waals surface area contributed by atoms with Gasteiger partial charge in [-0.1, -0.05) is 6.07 Å². The third kappa shape index (κ3) is 1.41. The van der Waals surface area contributed by atoms with Crippen LogP contribution in [0.25, 0.3) is 0 Å². The third-order valence-electron chi connectivity index (χ3n) is 1.99. The molecular weight excluding hydrogens is 152 g/mol. The van der Waals surface area contributed by atoms with E-state index in [-0.39, 0.29) is 0 Å². The Morgan fingerprint density at radius 3 is 3.00 bits per heavy atom. The van der Waals surface area contributed by atoms with Crippen molar-refractivity contribution in [3.8, 4) is 0 Å². The van der Waals surface area contributed by atoms with Crippen LogP contribution in [-0.2, 0) is 4.74 Å². The topological polar surface area (TPSA) is 34.2 Å². The minimum Gasteiger partial charge on any atom is -0.377 e. The lowest BCUT2D eigenvalue weighted by Gasteiger charge is -2.27. The first-order valence-corrected chi connectivity index (χ1v) is 4.12. The minimum atomic E-state index is 0.457. The van der Waals surface area contributed by atoms with Gasteiger partial charge in [-0.05, 0) is 18.6 Å². The first-order chi connectivity index (χ1) is 5.86. The molecule has 1 N–H and O–H groups in total. The molecule has 64 valence electrons. The quantitative estimate of drug-likeness (QED) is 0.713. The molecule has 0 bridgehead atoms. The van der Waals surface area contributed by atoms with E-state index in [2.05, 4.69) is 23.3 Å². The first-order valence-electron chi connectivity index (χ1n) is 4.12. The van der Waals surface area contributed by atoms with Crippen molar-refractivity contribution in [2.45, 2.75) is 13.0 Å². The zero-order valence-corrected chi connectivity index (χ0v) is 7.08. The average Bonchev–Trinajstić information content (AvgIpc) is 2.00. The van der Waals surface area contributed by atoms with E-state index in [1.165, 1.54) is 5.56 Å². The van der Waals surface area contributed by atoms with E-state index in [0.717, 1.165) is 19.0 Å². The normalized spacial score (nSPS) is 17.1. The molecule has 3 nitrogen and oxygen atoms in total. The van der Waals surface area contributed by atoms with Crippen LogP contribution in [0.1, 0.15) is 5.56 Å². The molecule has 1 fully saturated rings. The summed E-state index contributed by atoms with van der Waals surface area (Å²) < 4.78 is 5.06. The van der Waals surface area contributed by atoms with Crippen LogP contribution in [0.3, 0.4) is 0 Å². The summed E-state index contributed by atoms with van der Waals surface area (Å²) in [5, 5.41) is 3.31. The Balaban J connectivity index is 2.06. The smallest absolute Gasteiger partial charge is 0.129 e. The van der Waals surface area contributed by atoms with Gasteiger partial charge in [0.05, 0.1) is 19.3 Å². The van der Waals surface area contributed by atoms with Crippen LogP contribution in [0.2, 0.25) is 0 Å². The molecule has 1 saturated heterocycles. The van der Waals surface area contributed by atoms with Crippen LogP contribution in [0.15, 0.2) is 18.3 Å². The van der Waals surface area contributed by atoms with Gasteiger partial charge in [0.2, 0.25) is 0 Å². The predicted molar refractivity (Wildman–Crippen MR) is 47.2 cm³/mol. The fourth-order valence-electron chi connectivity index (χ4n) is 1.15. The van der Waals surface area contributed by atoms with Gasteiger partial charge in [0.15, 0.2) is 0 Å². The predicted octanol–water partition coefficient (Wildman–Crippen LogP) is 1.20. The lowest BCUT2D eigenvalue weighted by Crippen LogP contribution is -2.40. The van der Waals surface area contributed by atoms with Crippen LogP contribution in [0, 0.1) is 6.92 Å². The standard InChI is InChI=1S/C9H12N2O/c1-7-3-2-4-10-9(7)11-8-5-12-6-8/h2-4,8H,5-6H2,1H3,(H,10,11).